The largest absolute Gasteiger partial charge is 0.354 e. The number of hydrogen-bond donors (Lipinski definition) is 2. The molecule has 0 spiro atoms. The molecule has 0 aromatic carbocycles. The van der Waals surface area contributed by atoms with Gasteiger partial charge in [0.2, 0.25) is 17.2 Å². The number of likely N-dealkylation sites (tertiary alicyclic amines) is 1. The van der Waals surface area contributed by atoms with Gasteiger partial charge < -0.3 is 15.5 Å². The molecule has 1 aromatic rings. The predicted octanol–water partition coefficient (Wildman–Crippen LogP) is 1.85. The van der Waals surface area contributed by atoms with Crippen molar-refractivity contribution in [3.8, 4) is 0 Å². The molecule has 19 heavy (non-hydrogen) atoms. The smallest absolute Gasteiger partial charge is 0.228 e. The molecule has 6 nitrogen and oxygen atoms in total. The highest BCUT2D eigenvalue weighted by Crippen LogP contribution is 2.16. The van der Waals surface area contributed by atoms with Gasteiger partial charge in [-0.2, -0.15) is 15.0 Å². The molecule has 1 fully saturated rings. The lowest BCUT2D eigenvalue weighted by molar-refractivity contribution is 0.194. The van der Waals surface area contributed by atoms with Crippen LogP contribution < -0.4 is 10.6 Å². The summed E-state index contributed by atoms with van der Waals surface area (Å²) in [6.45, 7) is 4.74. The minimum absolute atomic E-state index is 0.213. The van der Waals surface area contributed by atoms with Crippen molar-refractivity contribution in [2.75, 3.05) is 37.3 Å². The van der Waals surface area contributed by atoms with Crippen molar-refractivity contribution in [1.82, 2.24) is 19.9 Å². The fourth-order valence-corrected chi connectivity index (χ4v) is 2.44. The van der Waals surface area contributed by atoms with Crippen LogP contribution in [0, 0.1) is 0 Å². The Kier molecular flexibility index (Phi) is 5.15. The van der Waals surface area contributed by atoms with Crippen LogP contribution in [-0.4, -0.2) is 52.6 Å². The van der Waals surface area contributed by atoms with Gasteiger partial charge in [0, 0.05) is 19.1 Å². The van der Waals surface area contributed by atoms with Crippen molar-refractivity contribution in [1.29, 1.82) is 0 Å². The van der Waals surface area contributed by atoms with Crippen molar-refractivity contribution in [3.63, 3.8) is 0 Å². The molecule has 1 aromatic heterocycles. The third kappa shape index (κ3) is 4.18. The van der Waals surface area contributed by atoms with Crippen LogP contribution in [0.1, 0.15) is 26.2 Å². The number of halogens is 1. The molecule has 0 amide bonds. The van der Waals surface area contributed by atoms with Crippen LogP contribution in [0.4, 0.5) is 11.9 Å². The van der Waals surface area contributed by atoms with Crippen molar-refractivity contribution in [3.05, 3.63) is 5.28 Å². The first-order valence-corrected chi connectivity index (χ1v) is 7.16. The zero-order valence-electron chi connectivity index (χ0n) is 11.5. The predicted molar refractivity (Wildman–Crippen MR) is 77.8 cm³/mol. The SMILES string of the molecule is CCNc1nc(Cl)nc(NCC2CCCCN2C)n1. The Bertz CT molecular complexity index is 413. The highest BCUT2D eigenvalue weighted by molar-refractivity contribution is 6.28. The van der Waals surface area contributed by atoms with E-state index in [-0.39, 0.29) is 5.28 Å². The van der Waals surface area contributed by atoms with Crippen LogP contribution in [-0.2, 0) is 0 Å². The van der Waals surface area contributed by atoms with Crippen LogP contribution in [0.3, 0.4) is 0 Å². The summed E-state index contributed by atoms with van der Waals surface area (Å²) >= 11 is 5.88. The van der Waals surface area contributed by atoms with E-state index in [1.807, 2.05) is 6.92 Å². The summed E-state index contributed by atoms with van der Waals surface area (Å²) < 4.78 is 0. The normalized spacial score (nSPS) is 20.3. The van der Waals surface area contributed by atoms with E-state index in [1.54, 1.807) is 0 Å². The van der Waals surface area contributed by atoms with Crippen molar-refractivity contribution >= 4 is 23.5 Å². The fraction of sp³-hybridized carbons (Fsp3) is 0.750. The molecule has 7 heteroatoms. The number of nitrogens with zero attached hydrogens (tertiary/aromatic N) is 4. The number of aromatic nitrogens is 3. The molecule has 0 bridgehead atoms. The molecule has 1 atom stereocenters. The van der Waals surface area contributed by atoms with E-state index in [1.165, 1.54) is 19.3 Å². The summed E-state index contributed by atoms with van der Waals surface area (Å²) in [4.78, 5) is 14.8. The number of rotatable bonds is 5. The molecule has 1 aliphatic heterocycles. The third-order valence-corrected chi connectivity index (χ3v) is 3.53. The summed E-state index contributed by atoms with van der Waals surface area (Å²) in [7, 11) is 2.16. The van der Waals surface area contributed by atoms with Gasteiger partial charge in [-0.25, -0.2) is 0 Å². The van der Waals surface area contributed by atoms with Gasteiger partial charge in [0.05, 0.1) is 0 Å². The van der Waals surface area contributed by atoms with E-state index >= 15 is 0 Å². The van der Waals surface area contributed by atoms with Crippen LogP contribution in [0.5, 0.6) is 0 Å². The topological polar surface area (TPSA) is 66.0 Å². The number of nitrogens with one attached hydrogen (secondary N) is 2. The average molecular weight is 285 g/mol. The van der Waals surface area contributed by atoms with Crippen LogP contribution in [0.2, 0.25) is 5.28 Å². The fourth-order valence-electron chi connectivity index (χ4n) is 2.28. The lowest BCUT2D eigenvalue weighted by Crippen LogP contribution is -2.41. The molecule has 0 saturated carbocycles. The molecule has 2 N–H and O–H groups in total. The lowest BCUT2D eigenvalue weighted by Gasteiger charge is -2.32. The van der Waals surface area contributed by atoms with Crippen LogP contribution in [0.15, 0.2) is 0 Å². The quantitative estimate of drug-likeness (QED) is 0.860. The minimum Gasteiger partial charge on any atom is -0.354 e. The van der Waals surface area contributed by atoms with Gasteiger partial charge in [-0.05, 0) is 45.0 Å². The van der Waals surface area contributed by atoms with E-state index in [2.05, 4.69) is 37.5 Å². The lowest BCUT2D eigenvalue weighted by atomic mass is 10.0. The Labute approximate surface area is 119 Å². The molecule has 0 radical (unpaired) electrons. The van der Waals surface area contributed by atoms with E-state index in [4.69, 9.17) is 11.6 Å². The van der Waals surface area contributed by atoms with E-state index in [0.717, 1.165) is 19.6 Å². The second-order valence-corrected chi connectivity index (χ2v) is 5.13. The standard InChI is InChI=1S/C12H21ClN6/c1-3-14-11-16-10(13)17-12(18-11)15-8-9-6-4-5-7-19(9)2/h9H,3-8H2,1-2H3,(H2,14,15,16,17,18). The Morgan fingerprint density at radius 3 is 2.63 bits per heavy atom. The number of likely N-dealkylation sites (N-methyl/N-ethyl adjacent to an activating group) is 1. The Morgan fingerprint density at radius 1 is 1.21 bits per heavy atom. The van der Waals surface area contributed by atoms with Crippen molar-refractivity contribution < 1.29 is 0 Å². The molecule has 1 saturated heterocycles. The van der Waals surface area contributed by atoms with Gasteiger partial charge in [0.25, 0.3) is 0 Å². The Morgan fingerprint density at radius 2 is 1.95 bits per heavy atom. The number of piperidine rings is 1. The van der Waals surface area contributed by atoms with Crippen molar-refractivity contribution in [2.45, 2.75) is 32.2 Å². The molecular weight excluding hydrogens is 264 g/mol. The zero-order valence-corrected chi connectivity index (χ0v) is 12.2. The molecule has 2 rings (SSSR count). The van der Waals surface area contributed by atoms with Crippen molar-refractivity contribution in [2.24, 2.45) is 0 Å². The first-order chi connectivity index (χ1) is 9.19. The maximum atomic E-state index is 5.88. The number of hydrogen-bond acceptors (Lipinski definition) is 6. The maximum Gasteiger partial charge on any atom is 0.228 e. The van der Waals surface area contributed by atoms with Gasteiger partial charge >= 0.3 is 0 Å². The third-order valence-electron chi connectivity index (χ3n) is 3.36. The van der Waals surface area contributed by atoms with E-state index in [0.29, 0.717) is 17.9 Å². The first-order valence-electron chi connectivity index (χ1n) is 6.78. The zero-order chi connectivity index (χ0) is 13.7. The van der Waals surface area contributed by atoms with Gasteiger partial charge in [-0.1, -0.05) is 6.42 Å². The average Bonchev–Trinajstić information content (AvgIpc) is 2.37. The molecular formula is C12H21ClN6. The molecule has 106 valence electrons. The van der Waals surface area contributed by atoms with E-state index in [9.17, 15) is 0 Å². The summed E-state index contributed by atoms with van der Waals surface area (Å²) in [5.41, 5.74) is 0. The second kappa shape index (κ2) is 6.86. The highest BCUT2D eigenvalue weighted by Gasteiger charge is 2.18. The molecule has 1 unspecified atom stereocenters. The summed E-state index contributed by atoms with van der Waals surface area (Å²) in [5, 5.41) is 6.51. The summed E-state index contributed by atoms with van der Waals surface area (Å²) in [6.07, 6.45) is 3.79. The van der Waals surface area contributed by atoms with Gasteiger partial charge in [0.15, 0.2) is 0 Å². The van der Waals surface area contributed by atoms with E-state index < -0.39 is 0 Å². The first kappa shape index (κ1) is 14.3. The maximum absolute atomic E-state index is 5.88. The molecule has 0 aliphatic carbocycles. The summed E-state index contributed by atoms with van der Waals surface area (Å²) in [6, 6.07) is 0.534. The molecule has 1 aliphatic rings. The van der Waals surface area contributed by atoms with Crippen LogP contribution in [0.25, 0.3) is 0 Å². The van der Waals surface area contributed by atoms with Gasteiger partial charge in [0.1, 0.15) is 0 Å². The van der Waals surface area contributed by atoms with Gasteiger partial charge in [-0.15, -0.1) is 0 Å². The molecule has 2 heterocycles. The van der Waals surface area contributed by atoms with Gasteiger partial charge in [-0.3, -0.25) is 0 Å². The number of anilines is 2. The second-order valence-electron chi connectivity index (χ2n) is 4.79. The summed E-state index contributed by atoms with van der Waals surface area (Å²) in [5.74, 6) is 1.05. The Balaban J connectivity index is 1.94. The monoisotopic (exact) mass is 284 g/mol. The minimum atomic E-state index is 0.213. The van der Waals surface area contributed by atoms with Crippen LogP contribution >= 0.6 is 11.6 Å². The Hall–Kier alpha value is -1.14. The highest BCUT2D eigenvalue weighted by atomic mass is 35.5.